The van der Waals surface area contributed by atoms with Gasteiger partial charge in [0.05, 0.1) is 29.9 Å². The molecule has 25 heavy (non-hydrogen) atoms. The molecule has 1 fully saturated rings. The fraction of sp³-hybridized carbons (Fsp3) is 0.263. The van der Waals surface area contributed by atoms with Gasteiger partial charge >= 0.3 is 0 Å². The third-order valence-corrected chi connectivity index (χ3v) is 4.79. The first-order valence-corrected chi connectivity index (χ1v) is 8.75. The highest BCUT2D eigenvalue weighted by Crippen LogP contribution is 2.27. The maximum Gasteiger partial charge on any atom is 0.138 e. The molecule has 2 aromatic rings. The summed E-state index contributed by atoms with van der Waals surface area (Å²) in [6, 6.07) is 15.1. The second-order valence-corrected chi connectivity index (χ2v) is 6.40. The quantitative estimate of drug-likeness (QED) is 0.764. The van der Waals surface area contributed by atoms with Crippen LogP contribution in [0.3, 0.4) is 0 Å². The van der Waals surface area contributed by atoms with Gasteiger partial charge in [-0.25, -0.2) is 0 Å². The minimum absolute atomic E-state index is 0.288. The van der Waals surface area contributed by atoms with E-state index in [-0.39, 0.29) is 6.61 Å². The van der Waals surface area contributed by atoms with Gasteiger partial charge in [0.25, 0.3) is 0 Å². The van der Waals surface area contributed by atoms with E-state index < -0.39 is 0 Å². The van der Waals surface area contributed by atoms with Gasteiger partial charge in [-0.05, 0) is 24.3 Å². The number of halogens is 1. The van der Waals surface area contributed by atoms with Crippen molar-refractivity contribution in [3.05, 3.63) is 64.2 Å². The van der Waals surface area contributed by atoms with Gasteiger partial charge < -0.3 is 14.4 Å². The van der Waals surface area contributed by atoms with Crippen molar-refractivity contribution in [3.63, 3.8) is 0 Å². The molecule has 0 radical (unpaired) electrons. The highest BCUT2D eigenvalue weighted by Gasteiger charge is 2.16. The van der Waals surface area contributed by atoms with Gasteiger partial charge in [-0.1, -0.05) is 42.0 Å². The molecule has 1 aliphatic rings. The van der Waals surface area contributed by atoms with Crippen LogP contribution >= 0.6 is 23.8 Å². The van der Waals surface area contributed by atoms with E-state index >= 15 is 0 Å². The van der Waals surface area contributed by atoms with Crippen LogP contribution < -0.4 is 4.74 Å². The normalized spacial score (nSPS) is 14.0. The van der Waals surface area contributed by atoms with Gasteiger partial charge in [0.2, 0.25) is 0 Å². The third-order valence-electron chi connectivity index (χ3n) is 4.00. The molecule has 0 N–H and O–H groups in total. The van der Waals surface area contributed by atoms with E-state index in [2.05, 4.69) is 11.0 Å². The number of nitriles is 1. The Morgan fingerprint density at radius 1 is 1.24 bits per heavy atom. The second-order valence-electron chi connectivity index (χ2n) is 5.61. The van der Waals surface area contributed by atoms with Crippen LogP contribution in [-0.4, -0.2) is 36.2 Å². The lowest BCUT2D eigenvalue weighted by Crippen LogP contribution is -2.40. The van der Waals surface area contributed by atoms with Crippen molar-refractivity contribution < 1.29 is 9.47 Å². The molecule has 0 atom stereocenters. The fourth-order valence-corrected chi connectivity index (χ4v) is 3.16. The summed E-state index contributed by atoms with van der Waals surface area (Å²) in [4.78, 5) is 2.89. The maximum absolute atomic E-state index is 9.13. The SMILES string of the molecule is N#Cc1ccccc1COc1ccc(C(=S)N2CCOCC2)cc1Cl. The van der Waals surface area contributed by atoms with Gasteiger partial charge in [0.1, 0.15) is 17.3 Å². The predicted octanol–water partition coefficient (Wildman–Crippen LogP) is 3.80. The van der Waals surface area contributed by atoms with E-state index in [1.54, 1.807) is 6.07 Å². The number of nitrogens with zero attached hydrogens (tertiary/aromatic N) is 2. The Labute approximate surface area is 157 Å². The largest absolute Gasteiger partial charge is 0.487 e. The summed E-state index contributed by atoms with van der Waals surface area (Å²) in [5.74, 6) is 0.572. The lowest BCUT2D eigenvalue weighted by atomic mass is 10.1. The Kier molecular flexibility index (Phi) is 5.87. The Morgan fingerprint density at radius 3 is 2.72 bits per heavy atom. The molecule has 0 aliphatic carbocycles. The topological polar surface area (TPSA) is 45.5 Å². The summed E-state index contributed by atoms with van der Waals surface area (Å²) in [5, 5.41) is 9.63. The molecule has 0 aromatic heterocycles. The van der Waals surface area contributed by atoms with Gasteiger partial charge in [-0.3, -0.25) is 0 Å². The van der Waals surface area contributed by atoms with E-state index in [1.807, 2.05) is 36.4 Å². The highest BCUT2D eigenvalue weighted by atomic mass is 35.5. The molecular weight excluding hydrogens is 356 g/mol. The Bertz CT molecular complexity index is 813. The third kappa shape index (κ3) is 4.29. The van der Waals surface area contributed by atoms with Gasteiger partial charge in [0, 0.05) is 24.2 Å². The van der Waals surface area contributed by atoms with Gasteiger partial charge in [0.15, 0.2) is 0 Å². The lowest BCUT2D eigenvalue weighted by molar-refractivity contribution is 0.0693. The van der Waals surface area contributed by atoms with Crippen molar-refractivity contribution in [1.82, 2.24) is 4.90 Å². The van der Waals surface area contributed by atoms with Crippen molar-refractivity contribution in [2.75, 3.05) is 26.3 Å². The number of hydrogen-bond acceptors (Lipinski definition) is 4. The van der Waals surface area contributed by atoms with E-state index in [4.69, 9.17) is 38.6 Å². The van der Waals surface area contributed by atoms with Crippen LogP contribution in [0.1, 0.15) is 16.7 Å². The molecule has 2 aromatic carbocycles. The average molecular weight is 373 g/mol. The summed E-state index contributed by atoms with van der Waals surface area (Å²) in [5.41, 5.74) is 2.32. The predicted molar refractivity (Wildman–Crippen MR) is 101 cm³/mol. The first-order valence-electron chi connectivity index (χ1n) is 7.96. The minimum Gasteiger partial charge on any atom is -0.487 e. The molecular formula is C19H17ClN2O2S. The number of morpholine rings is 1. The van der Waals surface area contributed by atoms with Crippen LogP contribution in [0.5, 0.6) is 5.75 Å². The van der Waals surface area contributed by atoms with Crippen LogP contribution in [0.25, 0.3) is 0 Å². The summed E-state index contributed by atoms with van der Waals surface area (Å²) in [7, 11) is 0. The monoisotopic (exact) mass is 372 g/mol. The molecule has 6 heteroatoms. The first-order chi connectivity index (χ1) is 12.2. The van der Waals surface area contributed by atoms with Crippen molar-refractivity contribution in [2.24, 2.45) is 0 Å². The smallest absolute Gasteiger partial charge is 0.138 e. The zero-order valence-corrected chi connectivity index (χ0v) is 15.1. The molecule has 0 bridgehead atoms. The Hall–Kier alpha value is -2.13. The molecule has 0 amide bonds. The second kappa shape index (κ2) is 8.30. The van der Waals surface area contributed by atoms with Crippen molar-refractivity contribution in [1.29, 1.82) is 5.26 Å². The summed E-state index contributed by atoms with van der Waals surface area (Å²) < 4.78 is 11.1. The lowest BCUT2D eigenvalue weighted by Gasteiger charge is -2.29. The van der Waals surface area contributed by atoms with Crippen molar-refractivity contribution in [2.45, 2.75) is 6.61 Å². The Morgan fingerprint density at radius 2 is 2.00 bits per heavy atom. The molecule has 3 rings (SSSR count). The van der Waals surface area contributed by atoms with Crippen LogP contribution in [0.2, 0.25) is 5.02 Å². The zero-order chi connectivity index (χ0) is 17.6. The van der Waals surface area contributed by atoms with E-state index in [9.17, 15) is 0 Å². The number of ether oxygens (including phenoxy) is 2. The van der Waals surface area contributed by atoms with Crippen LogP contribution in [0.15, 0.2) is 42.5 Å². The summed E-state index contributed by atoms with van der Waals surface area (Å²) in [6.07, 6.45) is 0. The molecule has 0 unspecified atom stereocenters. The van der Waals surface area contributed by atoms with E-state index in [1.165, 1.54) is 0 Å². The first kappa shape index (κ1) is 17.7. The van der Waals surface area contributed by atoms with Crippen molar-refractivity contribution in [3.8, 4) is 11.8 Å². The molecule has 1 heterocycles. The Balaban J connectivity index is 1.69. The van der Waals surface area contributed by atoms with Crippen LogP contribution in [-0.2, 0) is 11.3 Å². The molecule has 128 valence electrons. The van der Waals surface area contributed by atoms with Gasteiger partial charge in [-0.15, -0.1) is 0 Å². The van der Waals surface area contributed by atoms with Crippen molar-refractivity contribution >= 4 is 28.8 Å². The zero-order valence-electron chi connectivity index (χ0n) is 13.6. The summed E-state index contributed by atoms with van der Waals surface area (Å²) in [6.45, 7) is 3.25. The molecule has 0 spiro atoms. The molecule has 0 saturated carbocycles. The maximum atomic E-state index is 9.13. The molecule has 1 aliphatic heterocycles. The summed E-state index contributed by atoms with van der Waals surface area (Å²) >= 11 is 11.9. The fourth-order valence-electron chi connectivity index (χ4n) is 2.61. The van der Waals surface area contributed by atoms with Crippen LogP contribution in [0.4, 0.5) is 0 Å². The minimum atomic E-state index is 0.288. The number of rotatable bonds is 4. The standard InChI is InChI=1S/C19H17ClN2O2S/c20-17-11-14(19(25)22-7-9-23-10-8-22)5-6-18(17)24-13-16-4-2-1-3-15(16)12-21/h1-6,11H,7-10,13H2. The number of benzene rings is 2. The molecule has 1 saturated heterocycles. The number of hydrogen-bond donors (Lipinski definition) is 0. The van der Waals surface area contributed by atoms with Gasteiger partial charge in [-0.2, -0.15) is 5.26 Å². The van der Waals surface area contributed by atoms with E-state index in [0.29, 0.717) is 29.5 Å². The molecule has 4 nitrogen and oxygen atoms in total. The average Bonchev–Trinajstić information content (AvgIpc) is 2.67. The highest BCUT2D eigenvalue weighted by molar-refractivity contribution is 7.80. The van der Waals surface area contributed by atoms with Crippen LogP contribution in [0, 0.1) is 11.3 Å². The number of thiocarbonyl (C=S) groups is 1. The van der Waals surface area contributed by atoms with E-state index in [0.717, 1.165) is 29.2 Å².